The maximum atomic E-state index is 13.3. The smallest absolute Gasteiger partial charge is 0.416 e. The molecule has 0 atom stereocenters. The molecule has 0 spiro atoms. The lowest BCUT2D eigenvalue weighted by molar-refractivity contribution is -0.137. The van der Waals surface area contributed by atoms with E-state index in [0.29, 0.717) is 42.9 Å². The van der Waals surface area contributed by atoms with Gasteiger partial charge in [0.1, 0.15) is 5.75 Å². The topological polar surface area (TPSA) is 75.7 Å². The zero-order valence-electron chi connectivity index (χ0n) is 23.8. The number of benzene rings is 3. The lowest BCUT2D eigenvalue weighted by atomic mass is 9.84. The molecule has 0 bridgehead atoms. The molecule has 222 valence electrons. The molecular weight excluding hydrogens is 553 g/mol. The first-order chi connectivity index (χ1) is 19.1. The highest BCUT2D eigenvalue weighted by Gasteiger charge is 2.31. The van der Waals surface area contributed by atoms with E-state index in [2.05, 4.69) is 24.1 Å². The summed E-state index contributed by atoms with van der Waals surface area (Å²) in [5.41, 5.74) is 1.21. The minimum absolute atomic E-state index is 0.0829. The van der Waals surface area contributed by atoms with E-state index in [4.69, 9.17) is 4.74 Å². The van der Waals surface area contributed by atoms with Gasteiger partial charge >= 0.3 is 6.18 Å². The van der Waals surface area contributed by atoms with Crippen molar-refractivity contribution in [1.82, 2.24) is 10.2 Å². The van der Waals surface area contributed by atoms with Gasteiger partial charge in [-0.15, -0.1) is 0 Å². The zero-order chi connectivity index (χ0) is 30.3. The highest BCUT2D eigenvalue weighted by Crippen LogP contribution is 2.31. The van der Waals surface area contributed by atoms with Crippen LogP contribution in [0, 0.1) is 0 Å². The number of rotatable bonds is 13. The standard InChI is InChI=1S/C31H37F3N2O4S/c1-23(37)35-20-25-14-15-28(19-29(25)41(4,38)39)40-17-9-16-36(22-30(2,3)26-11-6-5-7-12-26)21-24-10-8-13-27(18-24)31(32,33)34/h5-8,10-15,18-19H,9,16-17,20-22H2,1-4H3,(H,35,37). The fourth-order valence-corrected chi connectivity index (χ4v) is 5.62. The Balaban J connectivity index is 1.72. The van der Waals surface area contributed by atoms with Gasteiger partial charge in [0, 0.05) is 44.8 Å². The second-order valence-electron chi connectivity index (χ2n) is 10.8. The third-order valence-electron chi connectivity index (χ3n) is 6.69. The van der Waals surface area contributed by atoms with Gasteiger partial charge in [-0.05, 0) is 41.3 Å². The maximum Gasteiger partial charge on any atom is 0.416 e. The third kappa shape index (κ3) is 9.89. The molecule has 0 unspecified atom stereocenters. The van der Waals surface area contributed by atoms with Crippen molar-refractivity contribution in [2.24, 2.45) is 0 Å². The molecule has 0 fully saturated rings. The Kier molecular flexibility index (Phi) is 10.6. The van der Waals surface area contributed by atoms with Crippen LogP contribution in [0.25, 0.3) is 0 Å². The Morgan fingerprint density at radius 3 is 2.27 bits per heavy atom. The van der Waals surface area contributed by atoms with Crippen LogP contribution in [-0.4, -0.2) is 45.2 Å². The van der Waals surface area contributed by atoms with Crippen molar-refractivity contribution < 1.29 is 31.1 Å². The van der Waals surface area contributed by atoms with E-state index in [-0.39, 0.29) is 29.4 Å². The molecule has 1 amide bonds. The molecule has 0 aromatic heterocycles. The summed E-state index contributed by atoms with van der Waals surface area (Å²) >= 11 is 0. The van der Waals surface area contributed by atoms with Crippen LogP contribution in [0.3, 0.4) is 0 Å². The number of sulfone groups is 1. The van der Waals surface area contributed by atoms with Crippen molar-refractivity contribution >= 4 is 15.7 Å². The summed E-state index contributed by atoms with van der Waals surface area (Å²) in [7, 11) is -3.56. The summed E-state index contributed by atoms with van der Waals surface area (Å²) < 4.78 is 70.5. The number of carbonyl (C=O) groups excluding carboxylic acids is 1. The van der Waals surface area contributed by atoms with Gasteiger partial charge in [0.2, 0.25) is 5.91 Å². The van der Waals surface area contributed by atoms with Crippen LogP contribution >= 0.6 is 0 Å². The van der Waals surface area contributed by atoms with Crippen LogP contribution in [0.2, 0.25) is 0 Å². The fraction of sp³-hybridized carbons (Fsp3) is 0.387. The summed E-state index contributed by atoms with van der Waals surface area (Å²) in [6.07, 6.45) is -2.75. The first-order valence-electron chi connectivity index (χ1n) is 13.3. The molecule has 6 nitrogen and oxygen atoms in total. The van der Waals surface area contributed by atoms with E-state index >= 15 is 0 Å². The predicted octanol–water partition coefficient (Wildman–Crippen LogP) is 5.99. The van der Waals surface area contributed by atoms with Crippen molar-refractivity contribution in [1.29, 1.82) is 0 Å². The number of nitrogens with zero attached hydrogens (tertiary/aromatic N) is 1. The molecule has 0 saturated carbocycles. The predicted molar refractivity (Wildman–Crippen MR) is 153 cm³/mol. The molecule has 0 aliphatic rings. The van der Waals surface area contributed by atoms with Crippen molar-refractivity contribution in [3.8, 4) is 5.75 Å². The van der Waals surface area contributed by atoms with Gasteiger partial charge in [-0.3, -0.25) is 9.69 Å². The Labute approximate surface area is 240 Å². The number of halogens is 3. The molecule has 10 heteroatoms. The number of hydrogen-bond acceptors (Lipinski definition) is 5. The number of hydrogen-bond donors (Lipinski definition) is 1. The van der Waals surface area contributed by atoms with Gasteiger partial charge in [0.05, 0.1) is 17.1 Å². The SMILES string of the molecule is CC(=O)NCc1ccc(OCCCN(Cc2cccc(C(F)(F)F)c2)CC(C)(C)c2ccccc2)cc1S(C)(=O)=O. The van der Waals surface area contributed by atoms with Crippen molar-refractivity contribution in [2.45, 2.75) is 56.8 Å². The number of nitrogens with one attached hydrogen (secondary N) is 1. The fourth-order valence-electron chi connectivity index (χ4n) is 4.67. The summed E-state index contributed by atoms with van der Waals surface area (Å²) in [6, 6.07) is 20.1. The van der Waals surface area contributed by atoms with Crippen LogP contribution in [0.1, 0.15) is 49.4 Å². The Morgan fingerprint density at radius 1 is 0.951 bits per heavy atom. The Morgan fingerprint density at radius 2 is 1.63 bits per heavy atom. The molecule has 0 aliphatic carbocycles. The van der Waals surface area contributed by atoms with Gasteiger partial charge in [-0.25, -0.2) is 8.42 Å². The van der Waals surface area contributed by atoms with E-state index in [1.54, 1.807) is 18.2 Å². The molecular formula is C31H37F3N2O4S. The Bertz CT molecular complexity index is 1420. The van der Waals surface area contributed by atoms with Crippen molar-refractivity contribution in [3.05, 3.63) is 95.1 Å². The first kappa shape index (κ1) is 32.1. The number of ether oxygens (including phenoxy) is 1. The number of amides is 1. The first-order valence-corrected chi connectivity index (χ1v) is 15.2. The second kappa shape index (κ2) is 13.5. The highest BCUT2D eigenvalue weighted by molar-refractivity contribution is 7.90. The zero-order valence-corrected chi connectivity index (χ0v) is 24.6. The van der Waals surface area contributed by atoms with Crippen molar-refractivity contribution in [2.75, 3.05) is 26.0 Å². The lowest BCUT2D eigenvalue weighted by Crippen LogP contribution is -2.37. The molecule has 0 aliphatic heterocycles. The maximum absolute atomic E-state index is 13.3. The summed E-state index contributed by atoms with van der Waals surface area (Å²) in [6.45, 7) is 7.40. The van der Waals surface area contributed by atoms with Crippen LogP contribution in [0.5, 0.6) is 5.75 Å². The second-order valence-corrected chi connectivity index (χ2v) is 12.8. The third-order valence-corrected chi connectivity index (χ3v) is 7.87. The molecule has 1 N–H and O–H groups in total. The van der Waals surface area contributed by atoms with E-state index in [0.717, 1.165) is 17.9 Å². The van der Waals surface area contributed by atoms with Gasteiger partial charge in [-0.1, -0.05) is 68.4 Å². The van der Waals surface area contributed by atoms with E-state index in [9.17, 15) is 26.4 Å². The monoisotopic (exact) mass is 590 g/mol. The average molecular weight is 591 g/mol. The van der Waals surface area contributed by atoms with Gasteiger partial charge in [0.15, 0.2) is 9.84 Å². The molecule has 0 heterocycles. The minimum Gasteiger partial charge on any atom is -0.494 e. The number of alkyl halides is 3. The van der Waals surface area contributed by atoms with Gasteiger partial charge in [-0.2, -0.15) is 13.2 Å². The lowest BCUT2D eigenvalue weighted by Gasteiger charge is -2.33. The van der Waals surface area contributed by atoms with Gasteiger partial charge < -0.3 is 10.1 Å². The molecule has 3 aromatic rings. The summed E-state index contributed by atoms with van der Waals surface area (Å²) in [5.74, 6) is 0.112. The van der Waals surface area contributed by atoms with Crippen molar-refractivity contribution in [3.63, 3.8) is 0 Å². The molecule has 0 saturated heterocycles. The van der Waals surface area contributed by atoms with Crippen LogP contribution in [-0.2, 0) is 39.3 Å². The average Bonchev–Trinajstić information content (AvgIpc) is 2.89. The van der Waals surface area contributed by atoms with E-state index in [1.165, 1.54) is 25.1 Å². The van der Waals surface area contributed by atoms with E-state index < -0.39 is 21.6 Å². The largest absolute Gasteiger partial charge is 0.494 e. The normalized spacial score (nSPS) is 12.4. The highest BCUT2D eigenvalue weighted by atomic mass is 32.2. The van der Waals surface area contributed by atoms with Crippen LogP contribution < -0.4 is 10.1 Å². The molecule has 41 heavy (non-hydrogen) atoms. The molecule has 3 aromatic carbocycles. The quantitative estimate of drug-likeness (QED) is 0.248. The number of carbonyl (C=O) groups is 1. The summed E-state index contributed by atoms with van der Waals surface area (Å²) in [5, 5.41) is 2.61. The molecule has 0 radical (unpaired) electrons. The summed E-state index contributed by atoms with van der Waals surface area (Å²) in [4.78, 5) is 13.5. The van der Waals surface area contributed by atoms with Crippen LogP contribution in [0.15, 0.2) is 77.7 Å². The van der Waals surface area contributed by atoms with Gasteiger partial charge in [0.25, 0.3) is 0 Å². The van der Waals surface area contributed by atoms with E-state index in [1.807, 2.05) is 30.3 Å². The van der Waals surface area contributed by atoms with Crippen LogP contribution in [0.4, 0.5) is 13.2 Å². The minimum atomic E-state index is -4.42. The Hall–Kier alpha value is -3.37. The molecule has 3 rings (SSSR count).